The van der Waals surface area contributed by atoms with E-state index in [1.807, 2.05) is 61.6 Å². The summed E-state index contributed by atoms with van der Waals surface area (Å²) in [4.78, 5) is 2.21. The molecule has 158 valence electrons. The van der Waals surface area contributed by atoms with E-state index in [4.69, 9.17) is 10.2 Å². The predicted octanol–water partition coefficient (Wildman–Crippen LogP) is 3.82. The first-order valence-electron chi connectivity index (χ1n) is 9.91. The highest BCUT2D eigenvalue weighted by molar-refractivity contribution is 7.89. The lowest BCUT2D eigenvalue weighted by Crippen LogP contribution is -2.18. The molecule has 0 bridgehead atoms. The maximum Gasteiger partial charge on any atom is 0.240 e. The molecule has 0 aliphatic rings. The number of sulfonamides is 1. The second-order valence-electron chi connectivity index (χ2n) is 7.47. The average Bonchev–Trinajstić information content (AvgIpc) is 3.18. The van der Waals surface area contributed by atoms with E-state index in [0.717, 1.165) is 23.5 Å². The number of primary sulfonamides is 1. The lowest BCUT2D eigenvalue weighted by atomic mass is 10.1. The van der Waals surface area contributed by atoms with Gasteiger partial charge in [0, 0.05) is 18.7 Å². The molecule has 0 radical (unpaired) electrons. The van der Waals surface area contributed by atoms with Gasteiger partial charge in [0.05, 0.1) is 17.1 Å². The van der Waals surface area contributed by atoms with Gasteiger partial charge < -0.3 is 0 Å². The van der Waals surface area contributed by atoms with Crippen LogP contribution in [-0.2, 0) is 23.1 Å². The van der Waals surface area contributed by atoms with E-state index in [2.05, 4.69) is 17.0 Å². The van der Waals surface area contributed by atoms with Gasteiger partial charge in [0.1, 0.15) is 4.90 Å². The van der Waals surface area contributed by atoms with Gasteiger partial charge in [0.25, 0.3) is 0 Å². The molecule has 31 heavy (non-hydrogen) atoms. The highest BCUT2D eigenvalue weighted by atomic mass is 32.2. The van der Waals surface area contributed by atoms with E-state index in [1.54, 1.807) is 22.9 Å². The van der Waals surface area contributed by atoms with Gasteiger partial charge in [-0.3, -0.25) is 4.90 Å². The van der Waals surface area contributed by atoms with Crippen LogP contribution in [0.25, 0.3) is 16.9 Å². The van der Waals surface area contributed by atoms with Crippen molar-refractivity contribution in [3.05, 3.63) is 102 Å². The Balaban J connectivity index is 1.75. The van der Waals surface area contributed by atoms with E-state index >= 15 is 0 Å². The minimum absolute atomic E-state index is 0.0412. The average molecular weight is 433 g/mol. The van der Waals surface area contributed by atoms with Crippen LogP contribution in [0.5, 0.6) is 0 Å². The van der Waals surface area contributed by atoms with E-state index in [9.17, 15) is 8.42 Å². The molecular weight excluding hydrogens is 408 g/mol. The van der Waals surface area contributed by atoms with Crippen LogP contribution < -0.4 is 5.14 Å². The number of rotatable bonds is 7. The summed E-state index contributed by atoms with van der Waals surface area (Å²) in [6, 6.07) is 28.7. The van der Waals surface area contributed by atoms with Gasteiger partial charge in [-0.15, -0.1) is 0 Å². The van der Waals surface area contributed by atoms with Gasteiger partial charge in [-0.05, 0) is 30.8 Å². The van der Waals surface area contributed by atoms with Crippen molar-refractivity contribution in [2.75, 3.05) is 7.05 Å². The van der Waals surface area contributed by atoms with Crippen LogP contribution in [-0.4, -0.2) is 30.1 Å². The number of hydrogen-bond acceptors (Lipinski definition) is 4. The maximum atomic E-state index is 12.2. The zero-order valence-corrected chi connectivity index (χ0v) is 18.0. The molecule has 0 fully saturated rings. The normalized spacial score (nSPS) is 11.7. The highest BCUT2D eigenvalue weighted by Gasteiger charge is 2.19. The third-order valence-corrected chi connectivity index (χ3v) is 5.91. The Bertz CT molecular complexity index is 1270. The molecular formula is C24H24N4O2S. The topological polar surface area (TPSA) is 81.2 Å². The number of benzene rings is 3. The van der Waals surface area contributed by atoms with Crippen molar-refractivity contribution >= 4 is 10.0 Å². The lowest BCUT2D eigenvalue weighted by Gasteiger charge is -2.15. The molecule has 0 unspecified atom stereocenters. The van der Waals surface area contributed by atoms with Crippen LogP contribution in [0.1, 0.15) is 11.3 Å². The van der Waals surface area contributed by atoms with Crippen molar-refractivity contribution in [2.24, 2.45) is 5.14 Å². The minimum Gasteiger partial charge on any atom is -0.296 e. The molecule has 0 aliphatic carbocycles. The van der Waals surface area contributed by atoms with E-state index in [0.29, 0.717) is 12.2 Å². The Hall–Kier alpha value is -3.26. The smallest absolute Gasteiger partial charge is 0.240 e. The summed E-state index contributed by atoms with van der Waals surface area (Å²) in [6.07, 6.45) is 0. The Kier molecular flexibility index (Phi) is 5.99. The van der Waals surface area contributed by atoms with Crippen LogP contribution in [0.15, 0.2) is 95.9 Å². The Morgan fingerprint density at radius 3 is 2.16 bits per heavy atom. The molecule has 0 saturated carbocycles. The number of nitrogens with zero attached hydrogens (tertiary/aromatic N) is 3. The number of para-hydroxylation sites is 1. The number of aromatic nitrogens is 2. The maximum absolute atomic E-state index is 12.2. The standard InChI is InChI=1S/C24H24N4O2S/c1-27(17-19-10-4-2-5-11-19)18-21-16-23(20-12-6-3-7-13-20)28(26-21)22-14-8-9-15-24(22)31(25,29)30/h2-16H,17-18H2,1H3,(H2,25,29,30). The van der Waals surface area contributed by atoms with Crippen LogP contribution in [0.2, 0.25) is 0 Å². The summed E-state index contributed by atoms with van der Waals surface area (Å²) in [5, 5.41) is 10.2. The van der Waals surface area contributed by atoms with Crippen molar-refractivity contribution < 1.29 is 8.42 Å². The third kappa shape index (κ3) is 4.91. The molecule has 0 atom stereocenters. The summed E-state index contributed by atoms with van der Waals surface area (Å²) in [7, 11) is -1.87. The van der Waals surface area contributed by atoms with Gasteiger partial charge in [-0.25, -0.2) is 18.2 Å². The minimum atomic E-state index is -3.91. The monoisotopic (exact) mass is 432 g/mol. The first-order valence-corrected chi connectivity index (χ1v) is 11.5. The molecule has 0 amide bonds. The zero-order chi connectivity index (χ0) is 21.8. The summed E-state index contributed by atoms with van der Waals surface area (Å²) in [5.74, 6) is 0. The number of hydrogen-bond donors (Lipinski definition) is 1. The SMILES string of the molecule is CN(Cc1ccccc1)Cc1cc(-c2ccccc2)n(-c2ccccc2S(N)(=O)=O)n1. The highest BCUT2D eigenvalue weighted by Crippen LogP contribution is 2.27. The van der Waals surface area contributed by atoms with E-state index < -0.39 is 10.0 Å². The van der Waals surface area contributed by atoms with E-state index in [-0.39, 0.29) is 4.90 Å². The third-order valence-electron chi connectivity index (χ3n) is 4.96. The molecule has 0 saturated heterocycles. The summed E-state index contributed by atoms with van der Waals surface area (Å²) < 4.78 is 26.0. The van der Waals surface area contributed by atoms with E-state index in [1.165, 1.54) is 11.6 Å². The summed E-state index contributed by atoms with van der Waals surface area (Å²) >= 11 is 0. The Morgan fingerprint density at radius 2 is 1.48 bits per heavy atom. The Morgan fingerprint density at radius 1 is 0.871 bits per heavy atom. The molecule has 3 aromatic carbocycles. The molecule has 0 aliphatic heterocycles. The van der Waals surface area contributed by atoms with Crippen molar-refractivity contribution in [3.8, 4) is 16.9 Å². The summed E-state index contributed by atoms with van der Waals surface area (Å²) in [6.45, 7) is 1.39. The molecule has 6 nitrogen and oxygen atoms in total. The van der Waals surface area contributed by atoms with Crippen LogP contribution in [0, 0.1) is 0 Å². The van der Waals surface area contributed by atoms with Crippen molar-refractivity contribution in [3.63, 3.8) is 0 Å². The molecule has 1 heterocycles. The second kappa shape index (κ2) is 8.85. The number of nitrogens with two attached hydrogens (primary N) is 1. The molecule has 0 spiro atoms. The second-order valence-corrected chi connectivity index (χ2v) is 9.00. The van der Waals surface area contributed by atoms with Crippen LogP contribution >= 0.6 is 0 Å². The van der Waals surface area contributed by atoms with Gasteiger partial charge in [0.15, 0.2) is 0 Å². The first kappa shape index (κ1) is 21.0. The fourth-order valence-electron chi connectivity index (χ4n) is 3.61. The van der Waals surface area contributed by atoms with Crippen molar-refractivity contribution in [1.82, 2.24) is 14.7 Å². The Labute approximate surface area is 182 Å². The van der Waals surface area contributed by atoms with Crippen molar-refractivity contribution in [2.45, 2.75) is 18.0 Å². The molecule has 4 rings (SSSR count). The van der Waals surface area contributed by atoms with Crippen LogP contribution in [0.4, 0.5) is 0 Å². The summed E-state index contributed by atoms with van der Waals surface area (Å²) in [5.41, 5.74) is 4.23. The quantitative estimate of drug-likeness (QED) is 0.481. The molecule has 1 aromatic heterocycles. The molecule has 2 N–H and O–H groups in total. The predicted molar refractivity (Wildman–Crippen MR) is 122 cm³/mol. The largest absolute Gasteiger partial charge is 0.296 e. The fourth-order valence-corrected chi connectivity index (χ4v) is 4.32. The van der Waals surface area contributed by atoms with Gasteiger partial charge >= 0.3 is 0 Å². The van der Waals surface area contributed by atoms with Crippen molar-refractivity contribution in [1.29, 1.82) is 0 Å². The lowest BCUT2D eigenvalue weighted by molar-refractivity contribution is 0.314. The zero-order valence-electron chi connectivity index (χ0n) is 17.2. The van der Waals surface area contributed by atoms with Gasteiger partial charge in [-0.2, -0.15) is 5.10 Å². The van der Waals surface area contributed by atoms with Gasteiger partial charge in [-0.1, -0.05) is 72.8 Å². The van der Waals surface area contributed by atoms with Gasteiger partial charge in [0.2, 0.25) is 10.0 Å². The first-order chi connectivity index (χ1) is 14.9. The molecule has 7 heteroatoms. The van der Waals surface area contributed by atoms with Crippen LogP contribution in [0.3, 0.4) is 0 Å². The fraction of sp³-hybridized carbons (Fsp3) is 0.125. The molecule has 4 aromatic rings.